The number of hydrogen-bond acceptors (Lipinski definition) is 11. The number of esters is 2. The second kappa shape index (κ2) is 21.1. The van der Waals surface area contributed by atoms with Crippen molar-refractivity contribution < 1.29 is 52.3 Å². The molecule has 11 heteroatoms. The van der Waals surface area contributed by atoms with E-state index in [9.17, 15) is 14.4 Å². The number of Topliss-reactive ketones (excluding diaryl/α,β-unsaturated/α-hetero) is 1. The van der Waals surface area contributed by atoms with Gasteiger partial charge in [-0.05, 0) is 0 Å². The summed E-state index contributed by atoms with van der Waals surface area (Å²) in [6.45, 7) is 4.06. The number of benzene rings is 1. The molecule has 0 aliphatic heterocycles. The second-order valence-corrected chi connectivity index (χ2v) is 6.52. The molecular weight excluding hydrogens is 452 g/mol. The molecule has 1 rings (SSSR count). The SMILES string of the molecule is COC(=O)COCCOCCOCCOCCOCCOCCOC(=O)C(=O)c1ccccc1. The van der Waals surface area contributed by atoms with Crippen molar-refractivity contribution in [1.82, 2.24) is 0 Å². The van der Waals surface area contributed by atoms with Crippen molar-refractivity contribution in [3.05, 3.63) is 35.9 Å². The van der Waals surface area contributed by atoms with Crippen LogP contribution in [0.2, 0.25) is 0 Å². The summed E-state index contributed by atoms with van der Waals surface area (Å²) >= 11 is 0. The van der Waals surface area contributed by atoms with Gasteiger partial charge >= 0.3 is 11.9 Å². The lowest BCUT2D eigenvalue weighted by molar-refractivity contribution is -0.146. The number of carbonyl (C=O) groups excluding carboxylic acids is 3. The molecule has 0 atom stereocenters. The van der Waals surface area contributed by atoms with Crippen LogP contribution in [0.1, 0.15) is 10.4 Å². The van der Waals surface area contributed by atoms with Crippen LogP contribution in [-0.2, 0) is 47.5 Å². The number of rotatable bonds is 22. The first-order chi connectivity index (χ1) is 16.6. The molecule has 0 amide bonds. The van der Waals surface area contributed by atoms with E-state index < -0.39 is 17.7 Å². The molecule has 0 spiro atoms. The van der Waals surface area contributed by atoms with E-state index >= 15 is 0 Å². The van der Waals surface area contributed by atoms with Crippen LogP contribution in [0, 0.1) is 0 Å². The summed E-state index contributed by atoms with van der Waals surface area (Å²) in [4.78, 5) is 34.3. The van der Waals surface area contributed by atoms with Crippen molar-refractivity contribution in [2.45, 2.75) is 0 Å². The molecule has 0 aliphatic carbocycles. The zero-order valence-electron chi connectivity index (χ0n) is 19.6. The lowest BCUT2D eigenvalue weighted by Crippen LogP contribution is -2.20. The first-order valence-corrected chi connectivity index (χ1v) is 10.9. The van der Waals surface area contributed by atoms with Gasteiger partial charge in [-0.15, -0.1) is 0 Å². The fourth-order valence-electron chi connectivity index (χ4n) is 2.28. The highest BCUT2D eigenvalue weighted by atomic mass is 16.6. The third kappa shape index (κ3) is 16.2. The minimum absolute atomic E-state index is 0.00523. The fraction of sp³-hybridized carbons (Fsp3) is 0.609. The third-order valence-corrected chi connectivity index (χ3v) is 3.99. The molecule has 0 heterocycles. The van der Waals surface area contributed by atoms with E-state index in [1.165, 1.54) is 7.11 Å². The Morgan fingerprint density at radius 3 is 1.44 bits per heavy atom. The predicted molar refractivity (Wildman–Crippen MR) is 119 cm³/mol. The summed E-state index contributed by atoms with van der Waals surface area (Å²) in [5, 5.41) is 0. The van der Waals surface area contributed by atoms with E-state index in [-0.39, 0.29) is 19.8 Å². The van der Waals surface area contributed by atoms with Gasteiger partial charge in [0.25, 0.3) is 5.78 Å². The highest BCUT2D eigenvalue weighted by Gasteiger charge is 2.17. The summed E-state index contributed by atoms with van der Waals surface area (Å²) in [6.07, 6.45) is 0. The van der Waals surface area contributed by atoms with Crippen molar-refractivity contribution in [3.8, 4) is 0 Å². The molecule has 1 aromatic rings. The highest BCUT2D eigenvalue weighted by Crippen LogP contribution is 2.01. The van der Waals surface area contributed by atoms with Gasteiger partial charge in [0.2, 0.25) is 0 Å². The molecule has 0 fully saturated rings. The summed E-state index contributed by atoms with van der Waals surface area (Å²) < 4.78 is 41.0. The maximum absolute atomic E-state index is 11.8. The third-order valence-electron chi connectivity index (χ3n) is 3.99. The van der Waals surface area contributed by atoms with Gasteiger partial charge in [-0.2, -0.15) is 0 Å². The Labute approximate surface area is 199 Å². The van der Waals surface area contributed by atoms with Gasteiger partial charge in [0, 0.05) is 5.56 Å². The average molecular weight is 487 g/mol. The zero-order chi connectivity index (χ0) is 24.7. The van der Waals surface area contributed by atoms with Crippen LogP contribution in [0.15, 0.2) is 30.3 Å². The average Bonchev–Trinajstić information content (AvgIpc) is 2.87. The largest absolute Gasteiger partial charge is 0.467 e. The van der Waals surface area contributed by atoms with Crippen LogP contribution in [0.4, 0.5) is 0 Å². The molecule has 0 aliphatic rings. The standard InChI is InChI=1S/C23H34O11/c1-27-21(24)19-33-16-15-31-12-11-29-8-7-28-9-10-30-13-14-32-17-18-34-23(26)22(25)20-5-3-2-4-6-20/h2-6H,7-19H2,1H3. The van der Waals surface area contributed by atoms with E-state index in [4.69, 9.17) is 33.2 Å². The van der Waals surface area contributed by atoms with Gasteiger partial charge < -0.3 is 37.9 Å². The number of ether oxygens (including phenoxy) is 8. The Morgan fingerprint density at radius 2 is 1.00 bits per heavy atom. The number of carbonyl (C=O) groups is 3. The Kier molecular flexibility index (Phi) is 18.4. The number of ketones is 1. The molecule has 0 radical (unpaired) electrons. The van der Waals surface area contributed by atoms with E-state index in [1.54, 1.807) is 30.3 Å². The maximum Gasteiger partial charge on any atom is 0.379 e. The Bertz CT molecular complexity index is 666. The smallest absolute Gasteiger partial charge is 0.379 e. The molecule has 1 aromatic carbocycles. The lowest BCUT2D eigenvalue weighted by Gasteiger charge is -2.08. The second-order valence-electron chi connectivity index (χ2n) is 6.52. The van der Waals surface area contributed by atoms with Gasteiger partial charge in [-0.3, -0.25) is 4.79 Å². The van der Waals surface area contributed by atoms with Gasteiger partial charge in [0.05, 0.1) is 79.8 Å². The number of methoxy groups -OCH3 is 1. The highest BCUT2D eigenvalue weighted by molar-refractivity contribution is 6.40. The zero-order valence-corrected chi connectivity index (χ0v) is 19.6. The van der Waals surface area contributed by atoms with Crippen LogP contribution in [0.5, 0.6) is 0 Å². The molecule has 0 saturated heterocycles. The molecule has 0 N–H and O–H groups in total. The van der Waals surface area contributed by atoms with Crippen LogP contribution in [0.25, 0.3) is 0 Å². The van der Waals surface area contributed by atoms with Crippen LogP contribution < -0.4 is 0 Å². The Morgan fingerprint density at radius 1 is 0.588 bits per heavy atom. The van der Waals surface area contributed by atoms with Gasteiger partial charge in [-0.25, -0.2) is 9.59 Å². The topological polar surface area (TPSA) is 125 Å². The molecule has 11 nitrogen and oxygen atoms in total. The first kappa shape index (κ1) is 29.6. The molecule has 34 heavy (non-hydrogen) atoms. The summed E-state index contributed by atoms with van der Waals surface area (Å²) in [5.41, 5.74) is 0.292. The van der Waals surface area contributed by atoms with Crippen molar-refractivity contribution in [3.63, 3.8) is 0 Å². The summed E-state index contributed by atoms with van der Waals surface area (Å²) in [6, 6.07) is 8.23. The summed E-state index contributed by atoms with van der Waals surface area (Å²) in [7, 11) is 1.30. The minimum atomic E-state index is -0.901. The lowest BCUT2D eigenvalue weighted by atomic mass is 10.1. The Balaban J connectivity index is 1.76. The summed E-state index contributed by atoms with van der Waals surface area (Å²) in [5.74, 6) is -2.00. The van der Waals surface area contributed by atoms with Crippen molar-refractivity contribution in [2.75, 3.05) is 93.0 Å². The maximum atomic E-state index is 11.8. The quantitative estimate of drug-likeness (QED) is 0.0994. The van der Waals surface area contributed by atoms with Gasteiger partial charge in [0.15, 0.2) is 0 Å². The van der Waals surface area contributed by atoms with Crippen LogP contribution in [-0.4, -0.2) is 111 Å². The van der Waals surface area contributed by atoms with Gasteiger partial charge in [-0.1, -0.05) is 30.3 Å². The molecular formula is C23H34O11. The van der Waals surface area contributed by atoms with E-state index in [2.05, 4.69) is 4.74 Å². The molecule has 0 aromatic heterocycles. The van der Waals surface area contributed by atoms with Crippen LogP contribution >= 0.6 is 0 Å². The minimum Gasteiger partial charge on any atom is -0.467 e. The van der Waals surface area contributed by atoms with E-state index in [1.807, 2.05) is 0 Å². The van der Waals surface area contributed by atoms with Gasteiger partial charge in [0.1, 0.15) is 13.2 Å². The van der Waals surface area contributed by atoms with Crippen molar-refractivity contribution in [1.29, 1.82) is 0 Å². The van der Waals surface area contributed by atoms with Crippen LogP contribution in [0.3, 0.4) is 0 Å². The first-order valence-electron chi connectivity index (χ1n) is 10.9. The Hall–Kier alpha value is -2.41. The fourth-order valence-corrected chi connectivity index (χ4v) is 2.28. The van der Waals surface area contributed by atoms with E-state index in [0.717, 1.165) is 0 Å². The van der Waals surface area contributed by atoms with Crippen molar-refractivity contribution >= 4 is 17.7 Å². The predicted octanol–water partition coefficient (Wildman–Crippen LogP) is 0.685. The van der Waals surface area contributed by atoms with E-state index in [0.29, 0.717) is 71.6 Å². The number of hydrogen-bond donors (Lipinski definition) is 0. The molecule has 0 unspecified atom stereocenters. The monoisotopic (exact) mass is 486 g/mol. The molecule has 0 saturated carbocycles. The molecule has 192 valence electrons. The molecule has 0 bridgehead atoms. The normalized spacial score (nSPS) is 10.7. The van der Waals surface area contributed by atoms with Crippen molar-refractivity contribution in [2.24, 2.45) is 0 Å².